The van der Waals surface area contributed by atoms with Gasteiger partial charge in [-0.2, -0.15) is 0 Å². The summed E-state index contributed by atoms with van der Waals surface area (Å²) >= 11 is 0. The summed E-state index contributed by atoms with van der Waals surface area (Å²) in [5.74, 6) is 1.63. The van der Waals surface area contributed by atoms with Crippen LogP contribution in [0.25, 0.3) is 11.3 Å². The van der Waals surface area contributed by atoms with Crippen molar-refractivity contribution < 1.29 is 4.39 Å². The van der Waals surface area contributed by atoms with Crippen molar-refractivity contribution in [3.05, 3.63) is 42.1 Å². The summed E-state index contributed by atoms with van der Waals surface area (Å²) in [6, 6.07) is 6.63. The molecule has 0 aliphatic carbocycles. The molecule has 0 N–H and O–H groups in total. The molecule has 2 heterocycles. The first-order chi connectivity index (χ1) is 8.22. The molecule has 3 rings (SSSR count). The quantitative estimate of drug-likeness (QED) is 0.735. The molecule has 1 aromatic carbocycles. The molecule has 0 saturated heterocycles. The average molecular weight is 230 g/mol. The number of halogens is 1. The molecule has 3 heteroatoms. The van der Waals surface area contributed by atoms with Gasteiger partial charge >= 0.3 is 0 Å². The van der Waals surface area contributed by atoms with Crippen LogP contribution in [-0.4, -0.2) is 9.55 Å². The molecule has 88 valence electrons. The zero-order chi connectivity index (χ0) is 11.8. The maximum absolute atomic E-state index is 13.2. The van der Waals surface area contributed by atoms with E-state index in [1.807, 2.05) is 12.3 Å². The van der Waals surface area contributed by atoms with Crippen molar-refractivity contribution in [2.75, 3.05) is 0 Å². The van der Waals surface area contributed by atoms with E-state index in [0.717, 1.165) is 30.0 Å². The number of rotatable bonds is 1. The monoisotopic (exact) mass is 230 g/mol. The number of aryl methyl sites for hydroxylation is 1. The summed E-state index contributed by atoms with van der Waals surface area (Å²) in [5.41, 5.74) is 1.74. The van der Waals surface area contributed by atoms with Gasteiger partial charge in [-0.25, -0.2) is 9.37 Å². The minimum atomic E-state index is -0.207. The second-order valence-corrected chi connectivity index (χ2v) is 4.85. The molecule has 1 aliphatic heterocycles. The molecule has 0 amide bonds. The smallest absolute Gasteiger partial charge is 0.123 e. The van der Waals surface area contributed by atoms with Gasteiger partial charge in [0.25, 0.3) is 0 Å². The molecule has 1 atom stereocenters. The van der Waals surface area contributed by atoms with Crippen LogP contribution in [0.15, 0.2) is 30.5 Å². The van der Waals surface area contributed by atoms with Gasteiger partial charge in [0.1, 0.15) is 11.6 Å². The van der Waals surface area contributed by atoms with Gasteiger partial charge in [0, 0.05) is 24.7 Å². The van der Waals surface area contributed by atoms with Crippen molar-refractivity contribution >= 4 is 0 Å². The Morgan fingerprint density at radius 2 is 2.29 bits per heavy atom. The number of aromatic nitrogens is 2. The highest BCUT2D eigenvalue weighted by Gasteiger charge is 2.17. The van der Waals surface area contributed by atoms with Gasteiger partial charge in [-0.15, -0.1) is 0 Å². The van der Waals surface area contributed by atoms with E-state index in [0.29, 0.717) is 5.92 Å². The molecule has 2 nitrogen and oxygen atoms in total. The number of hydrogen-bond acceptors (Lipinski definition) is 1. The first-order valence-corrected chi connectivity index (χ1v) is 6.04. The van der Waals surface area contributed by atoms with Crippen LogP contribution in [0.1, 0.15) is 19.2 Å². The number of fused-ring (bicyclic) bond motifs is 1. The average Bonchev–Trinajstić information content (AvgIpc) is 2.72. The molecule has 1 unspecified atom stereocenters. The Hall–Kier alpha value is -1.64. The SMILES string of the molecule is CC1CCc2nc(-c3cccc(F)c3)cn2C1. The lowest BCUT2D eigenvalue weighted by Crippen LogP contribution is -2.17. The van der Waals surface area contributed by atoms with Crippen molar-refractivity contribution in [3.8, 4) is 11.3 Å². The lowest BCUT2D eigenvalue weighted by atomic mass is 10.0. The third kappa shape index (κ3) is 1.97. The molecule has 1 aromatic heterocycles. The van der Waals surface area contributed by atoms with Crippen LogP contribution >= 0.6 is 0 Å². The Bertz CT molecular complexity index is 545. The second-order valence-electron chi connectivity index (χ2n) is 4.85. The minimum absolute atomic E-state index is 0.207. The first-order valence-electron chi connectivity index (χ1n) is 6.04. The summed E-state index contributed by atoms with van der Waals surface area (Å²) in [7, 11) is 0. The van der Waals surface area contributed by atoms with Crippen molar-refractivity contribution in [2.24, 2.45) is 5.92 Å². The van der Waals surface area contributed by atoms with Gasteiger partial charge in [0.2, 0.25) is 0 Å². The second kappa shape index (κ2) is 3.99. The number of nitrogens with zero attached hydrogens (tertiary/aromatic N) is 2. The zero-order valence-corrected chi connectivity index (χ0v) is 9.86. The van der Waals surface area contributed by atoms with Crippen molar-refractivity contribution in [1.29, 1.82) is 0 Å². The van der Waals surface area contributed by atoms with Crippen LogP contribution in [0.2, 0.25) is 0 Å². The maximum Gasteiger partial charge on any atom is 0.123 e. The number of imidazole rings is 1. The van der Waals surface area contributed by atoms with Crippen LogP contribution in [0.3, 0.4) is 0 Å². The van der Waals surface area contributed by atoms with Gasteiger partial charge < -0.3 is 4.57 Å². The third-order valence-corrected chi connectivity index (χ3v) is 3.35. The van der Waals surface area contributed by atoms with E-state index in [-0.39, 0.29) is 5.82 Å². The van der Waals surface area contributed by atoms with E-state index in [4.69, 9.17) is 0 Å². The van der Waals surface area contributed by atoms with Gasteiger partial charge in [-0.3, -0.25) is 0 Å². The molecular formula is C14H15FN2. The highest BCUT2D eigenvalue weighted by Crippen LogP contribution is 2.24. The van der Waals surface area contributed by atoms with E-state index in [9.17, 15) is 4.39 Å². The Labute approximate surface area is 100 Å². The highest BCUT2D eigenvalue weighted by atomic mass is 19.1. The van der Waals surface area contributed by atoms with Crippen LogP contribution in [0.4, 0.5) is 4.39 Å². The van der Waals surface area contributed by atoms with E-state index in [2.05, 4.69) is 16.5 Å². The topological polar surface area (TPSA) is 17.8 Å². The van der Waals surface area contributed by atoms with Gasteiger partial charge in [-0.1, -0.05) is 19.1 Å². The van der Waals surface area contributed by atoms with Gasteiger partial charge in [0.05, 0.1) is 5.69 Å². The molecule has 0 spiro atoms. The fraction of sp³-hybridized carbons (Fsp3) is 0.357. The van der Waals surface area contributed by atoms with Crippen LogP contribution in [0, 0.1) is 11.7 Å². The summed E-state index contributed by atoms with van der Waals surface area (Å²) in [5, 5.41) is 0. The predicted octanol–water partition coefficient (Wildman–Crippen LogP) is 3.27. The standard InChI is InChI=1S/C14H15FN2/c1-10-5-6-14-16-13(9-17(14)8-10)11-3-2-4-12(15)7-11/h2-4,7,9-10H,5-6,8H2,1H3. The van der Waals surface area contributed by atoms with Gasteiger partial charge in [-0.05, 0) is 24.5 Å². The number of hydrogen-bond donors (Lipinski definition) is 0. The Kier molecular flexibility index (Phi) is 2.46. The van der Waals surface area contributed by atoms with Crippen molar-refractivity contribution in [2.45, 2.75) is 26.3 Å². The Balaban J connectivity index is 2.00. The van der Waals surface area contributed by atoms with Gasteiger partial charge in [0.15, 0.2) is 0 Å². The predicted molar refractivity (Wildman–Crippen MR) is 65.1 cm³/mol. The Morgan fingerprint density at radius 1 is 1.41 bits per heavy atom. The highest BCUT2D eigenvalue weighted by molar-refractivity contribution is 5.58. The van der Waals surface area contributed by atoms with Crippen LogP contribution < -0.4 is 0 Å². The molecule has 2 aromatic rings. The largest absolute Gasteiger partial charge is 0.334 e. The van der Waals surface area contributed by atoms with Crippen LogP contribution in [-0.2, 0) is 13.0 Å². The van der Waals surface area contributed by atoms with E-state index >= 15 is 0 Å². The van der Waals surface area contributed by atoms with Crippen molar-refractivity contribution in [3.63, 3.8) is 0 Å². The zero-order valence-electron chi connectivity index (χ0n) is 9.86. The lowest BCUT2D eigenvalue weighted by Gasteiger charge is -2.19. The minimum Gasteiger partial charge on any atom is -0.334 e. The summed E-state index contributed by atoms with van der Waals surface area (Å²) < 4.78 is 15.4. The van der Waals surface area contributed by atoms with E-state index in [1.165, 1.54) is 18.6 Å². The molecule has 0 radical (unpaired) electrons. The van der Waals surface area contributed by atoms with Crippen molar-refractivity contribution in [1.82, 2.24) is 9.55 Å². The maximum atomic E-state index is 13.2. The molecule has 17 heavy (non-hydrogen) atoms. The normalized spacial score (nSPS) is 19.1. The summed E-state index contributed by atoms with van der Waals surface area (Å²) in [6.07, 6.45) is 4.26. The summed E-state index contributed by atoms with van der Waals surface area (Å²) in [4.78, 5) is 4.59. The van der Waals surface area contributed by atoms with E-state index < -0.39 is 0 Å². The number of benzene rings is 1. The first kappa shape index (κ1) is 10.5. The molecular weight excluding hydrogens is 215 g/mol. The molecule has 0 bridgehead atoms. The fourth-order valence-corrected chi connectivity index (χ4v) is 2.40. The molecule has 0 fully saturated rings. The van der Waals surface area contributed by atoms with E-state index in [1.54, 1.807) is 6.07 Å². The third-order valence-electron chi connectivity index (χ3n) is 3.35. The van der Waals surface area contributed by atoms with Crippen LogP contribution in [0.5, 0.6) is 0 Å². The molecule has 1 aliphatic rings. The lowest BCUT2D eigenvalue weighted by molar-refractivity contribution is 0.394. The molecule has 0 saturated carbocycles. The summed E-state index contributed by atoms with van der Waals surface area (Å²) in [6.45, 7) is 3.28. The fourth-order valence-electron chi connectivity index (χ4n) is 2.40. The Morgan fingerprint density at radius 3 is 3.12 bits per heavy atom.